The summed E-state index contributed by atoms with van der Waals surface area (Å²) in [7, 11) is 0. The van der Waals surface area contributed by atoms with Gasteiger partial charge in [-0.1, -0.05) is 17.7 Å². The summed E-state index contributed by atoms with van der Waals surface area (Å²) in [6.07, 6.45) is 3.51. The van der Waals surface area contributed by atoms with E-state index < -0.39 is 0 Å². The fourth-order valence-corrected chi connectivity index (χ4v) is 5.27. The van der Waals surface area contributed by atoms with Crippen LogP contribution in [0.4, 0.5) is 5.69 Å². The first-order valence-corrected chi connectivity index (χ1v) is 11.2. The summed E-state index contributed by atoms with van der Waals surface area (Å²) in [5.74, 6) is -0.132. The minimum atomic E-state index is -0.132. The van der Waals surface area contributed by atoms with Gasteiger partial charge in [-0.15, -0.1) is 22.7 Å². The van der Waals surface area contributed by atoms with E-state index in [1.807, 2.05) is 35.7 Å². The highest BCUT2D eigenvalue weighted by atomic mass is 35.5. The molecule has 0 aliphatic rings. The summed E-state index contributed by atoms with van der Waals surface area (Å²) in [6.45, 7) is 0. The van der Waals surface area contributed by atoms with Crippen LogP contribution in [-0.2, 0) is 0 Å². The second-order valence-corrected chi connectivity index (χ2v) is 9.02. The number of anilines is 1. The van der Waals surface area contributed by atoms with Gasteiger partial charge in [0, 0.05) is 44.4 Å². The fourth-order valence-electron chi connectivity index (χ4n) is 3.31. The van der Waals surface area contributed by atoms with Crippen molar-refractivity contribution in [2.24, 2.45) is 0 Å². The molecule has 0 aliphatic heterocycles. The molecule has 1 aromatic carbocycles. The molecule has 4 aromatic heterocycles. The highest BCUT2D eigenvalue weighted by molar-refractivity contribution is 7.21. The van der Waals surface area contributed by atoms with E-state index in [1.54, 1.807) is 48.0 Å². The molecular formula is C23H14ClN3OS2. The highest BCUT2D eigenvalue weighted by Crippen LogP contribution is 2.43. The zero-order valence-corrected chi connectivity index (χ0v) is 17.9. The molecule has 0 bridgehead atoms. The molecule has 0 atom stereocenters. The van der Waals surface area contributed by atoms with E-state index in [4.69, 9.17) is 22.3 Å². The van der Waals surface area contributed by atoms with Gasteiger partial charge in [0.1, 0.15) is 9.71 Å². The number of carbonyl (C=O) groups is 1. The molecular weight excluding hydrogens is 434 g/mol. The van der Waals surface area contributed by atoms with E-state index in [0.717, 1.165) is 31.9 Å². The number of nitrogens with zero attached hydrogens (tertiary/aromatic N) is 2. The Kier molecular flexibility index (Phi) is 4.83. The lowest BCUT2D eigenvalue weighted by atomic mass is 10.0. The van der Waals surface area contributed by atoms with E-state index in [2.05, 4.69) is 4.98 Å². The highest BCUT2D eigenvalue weighted by Gasteiger charge is 2.22. The third-order valence-electron chi connectivity index (χ3n) is 4.76. The van der Waals surface area contributed by atoms with Gasteiger partial charge in [-0.2, -0.15) is 0 Å². The lowest BCUT2D eigenvalue weighted by Crippen LogP contribution is -2.01. The molecule has 5 aromatic rings. The Labute approximate surface area is 185 Å². The van der Waals surface area contributed by atoms with Gasteiger partial charge in [0.25, 0.3) is 0 Å². The van der Waals surface area contributed by atoms with E-state index in [-0.39, 0.29) is 5.78 Å². The number of ketones is 1. The molecule has 7 heteroatoms. The van der Waals surface area contributed by atoms with Crippen molar-refractivity contribution in [2.75, 3.05) is 5.73 Å². The van der Waals surface area contributed by atoms with Crippen molar-refractivity contribution in [1.29, 1.82) is 0 Å². The maximum absolute atomic E-state index is 13.2. The summed E-state index contributed by atoms with van der Waals surface area (Å²) >= 11 is 8.91. The number of fused-ring (bicyclic) bond motifs is 1. The summed E-state index contributed by atoms with van der Waals surface area (Å²) in [5.41, 5.74) is 10.2. The first kappa shape index (κ1) is 18.9. The van der Waals surface area contributed by atoms with Crippen LogP contribution >= 0.6 is 34.3 Å². The first-order chi connectivity index (χ1) is 14.6. The van der Waals surface area contributed by atoms with Crippen molar-refractivity contribution >= 4 is 56.0 Å². The second kappa shape index (κ2) is 7.65. The van der Waals surface area contributed by atoms with E-state index in [9.17, 15) is 4.79 Å². The smallest absolute Gasteiger partial charge is 0.205 e. The molecule has 0 fully saturated rings. The largest absolute Gasteiger partial charge is 0.397 e. The van der Waals surface area contributed by atoms with Gasteiger partial charge in [-0.25, -0.2) is 4.98 Å². The quantitative estimate of drug-likeness (QED) is 0.317. The van der Waals surface area contributed by atoms with Crippen LogP contribution in [-0.4, -0.2) is 15.8 Å². The zero-order chi connectivity index (χ0) is 20.7. The van der Waals surface area contributed by atoms with Crippen LogP contribution in [0.15, 0.2) is 72.4 Å². The Bertz CT molecular complexity index is 1360. The molecule has 0 radical (unpaired) electrons. The third kappa shape index (κ3) is 3.29. The van der Waals surface area contributed by atoms with Gasteiger partial charge in [0.05, 0.1) is 11.4 Å². The number of nitrogen functional groups attached to an aromatic ring is 1. The van der Waals surface area contributed by atoms with Crippen molar-refractivity contribution in [2.45, 2.75) is 0 Å². The SMILES string of the molecule is Nc1c(C(=O)c2ccc(Cl)cc2)sc2nc(-c3cccnc3)cc(-c3cccs3)c12. The molecule has 0 saturated carbocycles. The number of hydrogen-bond acceptors (Lipinski definition) is 6. The molecule has 0 unspecified atom stereocenters. The summed E-state index contributed by atoms with van der Waals surface area (Å²) < 4.78 is 0. The number of halogens is 1. The molecule has 4 nitrogen and oxygen atoms in total. The van der Waals surface area contributed by atoms with Crippen LogP contribution in [0.2, 0.25) is 5.02 Å². The van der Waals surface area contributed by atoms with Crippen LogP contribution < -0.4 is 5.73 Å². The summed E-state index contributed by atoms with van der Waals surface area (Å²) in [4.78, 5) is 24.5. The maximum Gasteiger partial charge on any atom is 0.205 e. The van der Waals surface area contributed by atoms with Crippen LogP contribution in [0.3, 0.4) is 0 Å². The van der Waals surface area contributed by atoms with Gasteiger partial charge in [0.2, 0.25) is 5.78 Å². The topological polar surface area (TPSA) is 68.9 Å². The second-order valence-electron chi connectivity index (χ2n) is 6.64. The number of thiophene rings is 2. The van der Waals surface area contributed by atoms with Crippen LogP contribution in [0.5, 0.6) is 0 Å². The van der Waals surface area contributed by atoms with Crippen molar-refractivity contribution in [3.05, 3.63) is 87.8 Å². The van der Waals surface area contributed by atoms with Crippen molar-refractivity contribution in [3.63, 3.8) is 0 Å². The summed E-state index contributed by atoms with van der Waals surface area (Å²) in [6, 6.07) is 16.7. The molecule has 0 spiro atoms. The van der Waals surface area contributed by atoms with Crippen molar-refractivity contribution in [3.8, 4) is 21.7 Å². The molecule has 4 heterocycles. The Balaban J connectivity index is 1.74. The minimum Gasteiger partial charge on any atom is -0.397 e. The number of pyridine rings is 2. The van der Waals surface area contributed by atoms with Crippen LogP contribution in [0, 0.1) is 0 Å². The van der Waals surface area contributed by atoms with Gasteiger partial charge < -0.3 is 5.73 Å². The predicted molar refractivity (Wildman–Crippen MR) is 125 cm³/mol. The Morgan fingerprint density at radius 2 is 1.90 bits per heavy atom. The van der Waals surface area contributed by atoms with E-state index in [1.165, 1.54) is 11.3 Å². The average molecular weight is 448 g/mol. The van der Waals surface area contributed by atoms with Gasteiger partial charge in [-0.05, 0) is 53.9 Å². The molecule has 30 heavy (non-hydrogen) atoms. The van der Waals surface area contributed by atoms with Crippen molar-refractivity contribution in [1.82, 2.24) is 9.97 Å². The number of carbonyl (C=O) groups excluding carboxylic acids is 1. The Morgan fingerprint density at radius 1 is 1.07 bits per heavy atom. The van der Waals surface area contributed by atoms with Crippen LogP contribution in [0.1, 0.15) is 15.2 Å². The maximum atomic E-state index is 13.2. The third-order valence-corrected chi connectivity index (χ3v) is 7.01. The molecule has 5 rings (SSSR count). The standard InChI is InChI=1S/C23H14ClN3OS2/c24-15-7-5-13(6-8-15)21(28)22-20(25)19-16(18-4-2-10-29-18)11-17(27-23(19)30-22)14-3-1-9-26-12-14/h1-12H,25H2. The monoisotopic (exact) mass is 447 g/mol. The number of benzene rings is 1. The van der Waals surface area contributed by atoms with Gasteiger partial charge in [0.15, 0.2) is 0 Å². The lowest BCUT2D eigenvalue weighted by molar-refractivity contribution is 0.104. The average Bonchev–Trinajstić information content (AvgIpc) is 3.42. The number of nitrogens with two attached hydrogens (primary N) is 1. The molecule has 2 N–H and O–H groups in total. The number of aromatic nitrogens is 2. The van der Waals surface area contributed by atoms with E-state index >= 15 is 0 Å². The lowest BCUT2D eigenvalue weighted by Gasteiger charge is -2.07. The fraction of sp³-hybridized carbons (Fsp3) is 0. The summed E-state index contributed by atoms with van der Waals surface area (Å²) in [5, 5.41) is 3.42. The van der Waals surface area contributed by atoms with Gasteiger partial charge in [-0.3, -0.25) is 9.78 Å². The molecule has 0 amide bonds. The van der Waals surface area contributed by atoms with Crippen molar-refractivity contribution < 1.29 is 4.79 Å². The Morgan fingerprint density at radius 3 is 2.60 bits per heavy atom. The Hall–Kier alpha value is -3.06. The zero-order valence-electron chi connectivity index (χ0n) is 15.5. The first-order valence-electron chi connectivity index (χ1n) is 9.09. The normalized spacial score (nSPS) is 11.1. The number of hydrogen-bond donors (Lipinski definition) is 1. The predicted octanol–water partition coefficient (Wildman–Crippen LogP) is 6.55. The molecule has 146 valence electrons. The minimum absolute atomic E-state index is 0.132. The van der Waals surface area contributed by atoms with Crippen LogP contribution in [0.25, 0.3) is 31.9 Å². The molecule has 0 aliphatic carbocycles. The van der Waals surface area contributed by atoms with Gasteiger partial charge >= 0.3 is 0 Å². The number of rotatable bonds is 4. The van der Waals surface area contributed by atoms with E-state index in [0.29, 0.717) is 21.2 Å². The molecule has 0 saturated heterocycles.